The van der Waals surface area contributed by atoms with Gasteiger partial charge in [-0.2, -0.15) is 0 Å². The van der Waals surface area contributed by atoms with Gasteiger partial charge in [0.2, 0.25) is 0 Å². The summed E-state index contributed by atoms with van der Waals surface area (Å²) in [6.07, 6.45) is 17.1. The lowest BCUT2D eigenvalue weighted by Crippen LogP contribution is -2.18. The van der Waals surface area contributed by atoms with Crippen LogP contribution in [0.4, 0.5) is 4.79 Å². The Kier molecular flexibility index (Phi) is 5.83. The van der Waals surface area contributed by atoms with E-state index in [4.69, 9.17) is 0 Å². The molecule has 1 aliphatic carbocycles. The Bertz CT molecular complexity index is 648. The van der Waals surface area contributed by atoms with Gasteiger partial charge in [0, 0.05) is 0 Å². The lowest BCUT2D eigenvalue weighted by molar-refractivity contribution is -0.115. The van der Waals surface area contributed by atoms with E-state index in [1.807, 2.05) is 18.2 Å². The van der Waals surface area contributed by atoms with Crippen LogP contribution in [0.25, 0.3) is 0 Å². The van der Waals surface area contributed by atoms with E-state index in [9.17, 15) is 9.59 Å². The van der Waals surface area contributed by atoms with E-state index in [2.05, 4.69) is 38.2 Å². The van der Waals surface area contributed by atoms with Gasteiger partial charge < -0.3 is 0 Å². The number of carbonyl (C=O) groups excluding carboxylic acids is 2. The molecule has 0 aromatic carbocycles. The van der Waals surface area contributed by atoms with Crippen molar-refractivity contribution < 1.29 is 9.59 Å². The van der Waals surface area contributed by atoms with E-state index < -0.39 is 0 Å². The highest BCUT2D eigenvalue weighted by Gasteiger charge is 2.26. The van der Waals surface area contributed by atoms with Crippen LogP contribution in [0.3, 0.4) is 0 Å². The van der Waals surface area contributed by atoms with Gasteiger partial charge in [0.1, 0.15) is 0 Å². The van der Waals surface area contributed by atoms with Crippen molar-refractivity contribution in [1.29, 1.82) is 0 Å². The second-order valence-corrected chi connectivity index (χ2v) is 7.45. The SMILES string of the molecule is CC1=C(/C=C/C=C/C=C/C=C2\SC(=O)NC2=O)C(C)(C)CCC1. The molecule has 0 bridgehead atoms. The maximum atomic E-state index is 11.3. The molecule has 122 valence electrons. The number of hydrogen-bond donors (Lipinski definition) is 1. The minimum Gasteiger partial charge on any atom is -0.282 e. The van der Waals surface area contributed by atoms with Crippen molar-refractivity contribution in [2.75, 3.05) is 0 Å². The summed E-state index contributed by atoms with van der Waals surface area (Å²) in [5.41, 5.74) is 3.18. The van der Waals surface area contributed by atoms with Crippen LogP contribution in [0.2, 0.25) is 0 Å². The Hall–Kier alpha value is -1.81. The first kappa shape index (κ1) is 17.5. The Morgan fingerprint density at radius 3 is 2.43 bits per heavy atom. The number of imide groups is 1. The highest BCUT2D eigenvalue weighted by molar-refractivity contribution is 8.18. The minimum atomic E-state index is -0.324. The molecule has 2 aliphatic rings. The van der Waals surface area contributed by atoms with Crippen molar-refractivity contribution in [2.24, 2.45) is 5.41 Å². The van der Waals surface area contributed by atoms with Crippen molar-refractivity contribution in [3.8, 4) is 0 Å². The van der Waals surface area contributed by atoms with Crippen LogP contribution in [0, 0.1) is 5.41 Å². The largest absolute Gasteiger partial charge is 0.290 e. The zero-order valence-corrected chi connectivity index (χ0v) is 14.7. The van der Waals surface area contributed by atoms with Crippen LogP contribution in [-0.2, 0) is 4.79 Å². The third-order valence-electron chi connectivity index (χ3n) is 4.14. The Morgan fingerprint density at radius 2 is 1.78 bits per heavy atom. The first-order valence-corrected chi connectivity index (χ1v) is 8.67. The van der Waals surface area contributed by atoms with E-state index in [0.717, 1.165) is 11.8 Å². The second-order valence-electron chi connectivity index (χ2n) is 6.43. The average Bonchev–Trinajstić information content (AvgIpc) is 2.78. The van der Waals surface area contributed by atoms with Crippen molar-refractivity contribution in [1.82, 2.24) is 5.32 Å². The van der Waals surface area contributed by atoms with Crippen molar-refractivity contribution >= 4 is 22.9 Å². The number of amides is 2. The lowest BCUT2D eigenvalue weighted by atomic mass is 9.73. The van der Waals surface area contributed by atoms with Crippen LogP contribution in [0.5, 0.6) is 0 Å². The number of nitrogens with one attached hydrogen (secondary N) is 1. The molecule has 0 aromatic rings. The fraction of sp³-hybridized carbons (Fsp3) is 0.368. The van der Waals surface area contributed by atoms with Crippen molar-refractivity contribution in [3.63, 3.8) is 0 Å². The summed E-state index contributed by atoms with van der Waals surface area (Å²) in [5.74, 6) is -0.324. The van der Waals surface area contributed by atoms with Gasteiger partial charge in [-0.25, -0.2) is 0 Å². The number of rotatable bonds is 4. The zero-order chi connectivity index (χ0) is 16.9. The topological polar surface area (TPSA) is 46.2 Å². The summed E-state index contributed by atoms with van der Waals surface area (Å²) in [7, 11) is 0. The molecule has 1 fully saturated rings. The molecule has 1 N–H and O–H groups in total. The molecule has 0 saturated carbocycles. The molecule has 1 saturated heterocycles. The van der Waals surface area contributed by atoms with E-state index in [1.165, 1.54) is 30.4 Å². The van der Waals surface area contributed by atoms with Crippen LogP contribution in [0.15, 0.2) is 58.6 Å². The van der Waals surface area contributed by atoms with Gasteiger partial charge in [0.05, 0.1) is 4.91 Å². The van der Waals surface area contributed by atoms with E-state index in [0.29, 0.717) is 4.91 Å². The monoisotopic (exact) mass is 329 g/mol. The molecule has 1 aliphatic heterocycles. The molecule has 3 nitrogen and oxygen atoms in total. The van der Waals surface area contributed by atoms with Gasteiger partial charge in [0.25, 0.3) is 11.1 Å². The first-order chi connectivity index (χ1) is 10.9. The number of hydrogen-bond acceptors (Lipinski definition) is 3. The van der Waals surface area contributed by atoms with E-state index in [1.54, 1.807) is 12.2 Å². The minimum absolute atomic E-state index is 0.256. The molecular weight excluding hydrogens is 306 g/mol. The fourth-order valence-electron chi connectivity index (χ4n) is 2.93. The van der Waals surface area contributed by atoms with Crippen LogP contribution in [-0.4, -0.2) is 11.1 Å². The summed E-state index contributed by atoms with van der Waals surface area (Å²) < 4.78 is 0. The predicted molar refractivity (Wildman–Crippen MR) is 97.0 cm³/mol. The molecule has 2 rings (SSSR count). The van der Waals surface area contributed by atoms with Crippen LogP contribution >= 0.6 is 11.8 Å². The van der Waals surface area contributed by atoms with Crippen molar-refractivity contribution in [3.05, 3.63) is 58.6 Å². The highest BCUT2D eigenvalue weighted by atomic mass is 32.2. The zero-order valence-electron chi connectivity index (χ0n) is 13.9. The summed E-state index contributed by atoms with van der Waals surface area (Å²) in [6, 6.07) is 0. The molecule has 0 atom stereocenters. The highest BCUT2D eigenvalue weighted by Crippen LogP contribution is 2.40. The van der Waals surface area contributed by atoms with Crippen molar-refractivity contribution in [2.45, 2.75) is 40.0 Å². The molecule has 0 spiro atoms. The summed E-state index contributed by atoms with van der Waals surface area (Å²) in [5, 5.41) is 1.91. The number of carbonyl (C=O) groups is 2. The molecule has 0 unspecified atom stereocenters. The number of thioether (sulfide) groups is 1. The maximum absolute atomic E-state index is 11.3. The van der Waals surface area contributed by atoms with Gasteiger partial charge in [-0.3, -0.25) is 14.9 Å². The standard InChI is InChI=1S/C19H23NO2S/c1-14-10-9-13-19(2,3)15(14)11-7-5-4-6-8-12-16-17(21)20-18(22)23-16/h4-8,11-12H,9-10,13H2,1-3H3,(H,20,21,22)/b5-4+,8-6+,11-7+,16-12-. The first-order valence-electron chi connectivity index (χ1n) is 7.85. The summed E-state index contributed by atoms with van der Waals surface area (Å²) in [4.78, 5) is 22.8. The number of allylic oxidation sites excluding steroid dienone is 9. The molecule has 0 aromatic heterocycles. The Morgan fingerprint density at radius 1 is 1.09 bits per heavy atom. The van der Waals surface area contributed by atoms with Crippen LogP contribution in [0.1, 0.15) is 40.0 Å². The lowest BCUT2D eigenvalue weighted by Gasteiger charge is -2.32. The molecule has 4 heteroatoms. The van der Waals surface area contributed by atoms with E-state index >= 15 is 0 Å². The quantitative estimate of drug-likeness (QED) is 0.580. The van der Waals surface area contributed by atoms with Gasteiger partial charge in [0.15, 0.2) is 0 Å². The van der Waals surface area contributed by atoms with Gasteiger partial charge in [-0.1, -0.05) is 55.9 Å². The Balaban J connectivity index is 1.92. The maximum Gasteiger partial charge on any atom is 0.290 e. The third-order valence-corrected chi connectivity index (χ3v) is 4.97. The smallest absolute Gasteiger partial charge is 0.282 e. The van der Waals surface area contributed by atoms with Gasteiger partial charge in [-0.15, -0.1) is 0 Å². The van der Waals surface area contributed by atoms with Gasteiger partial charge in [-0.05, 0) is 55.0 Å². The second kappa shape index (κ2) is 7.64. The third kappa shape index (κ3) is 4.83. The summed E-state index contributed by atoms with van der Waals surface area (Å²) >= 11 is 0.927. The summed E-state index contributed by atoms with van der Waals surface area (Å²) in [6.45, 7) is 6.83. The molecule has 23 heavy (non-hydrogen) atoms. The molecular formula is C19H23NO2S. The van der Waals surface area contributed by atoms with E-state index in [-0.39, 0.29) is 16.6 Å². The molecule has 1 heterocycles. The average molecular weight is 329 g/mol. The Labute approximate surface area is 142 Å². The predicted octanol–water partition coefficient (Wildman–Crippen LogP) is 5.05. The van der Waals surface area contributed by atoms with Crippen LogP contribution < -0.4 is 5.32 Å². The molecule has 0 radical (unpaired) electrons. The molecule has 2 amide bonds. The van der Waals surface area contributed by atoms with Gasteiger partial charge >= 0.3 is 0 Å². The fourth-order valence-corrected chi connectivity index (χ4v) is 3.57. The normalized spacial score (nSPS) is 23.9.